The highest BCUT2D eigenvalue weighted by atomic mass is 16.5. The van der Waals surface area contributed by atoms with Crippen LogP contribution in [0.25, 0.3) is 0 Å². The summed E-state index contributed by atoms with van der Waals surface area (Å²) in [5, 5.41) is 7.77. The van der Waals surface area contributed by atoms with Crippen LogP contribution in [0.15, 0.2) is 48.5 Å². The molecule has 3 N–H and O–H groups in total. The molecule has 0 atom stereocenters. The van der Waals surface area contributed by atoms with E-state index in [-0.39, 0.29) is 17.4 Å². The number of anilines is 3. The first-order chi connectivity index (χ1) is 12.8. The minimum Gasteiger partial charge on any atom is -0.452 e. The molecule has 0 heterocycles. The fourth-order valence-electron chi connectivity index (χ4n) is 2.18. The van der Waals surface area contributed by atoms with Crippen LogP contribution < -0.4 is 16.0 Å². The number of hydrogen-bond acceptors (Lipinski definition) is 5. The highest BCUT2D eigenvalue weighted by Gasteiger charge is 2.11. The summed E-state index contributed by atoms with van der Waals surface area (Å²) in [6.45, 7) is 2.30. The van der Waals surface area contributed by atoms with E-state index in [4.69, 9.17) is 4.74 Å². The standard InChI is InChI=1S/C19H19N3O5/c1-12(23)20-15-8-6-14(7-9-15)19(26)27-11-18(25)22-17-5-3-4-16(10-17)21-13(2)24/h3-10H,11H2,1-2H3,(H,20,23)(H,21,24)(H,22,25). The maximum absolute atomic E-state index is 12.0. The number of hydrogen-bond donors (Lipinski definition) is 3. The van der Waals surface area contributed by atoms with Gasteiger partial charge in [0.1, 0.15) is 0 Å². The molecular weight excluding hydrogens is 350 g/mol. The lowest BCUT2D eigenvalue weighted by molar-refractivity contribution is -0.119. The molecule has 0 bridgehead atoms. The first-order valence-electron chi connectivity index (χ1n) is 8.06. The highest BCUT2D eigenvalue weighted by molar-refractivity contribution is 5.97. The van der Waals surface area contributed by atoms with Crippen molar-refractivity contribution in [1.29, 1.82) is 0 Å². The van der Waals surface area contributed by atoms with Crippen LogP contribution >= 0.6 is 0 Å². The Kier molecular flexibility index (Phi) is 6.65. The molecule has 0 saturated carbocycles. The van der Waals surface area contributed by atoms with Gasteiger partial charge in [0.05, 0.1) is 5.56 Å². The summed E-state index contributed by atoms with van der Waals surface area (Å²) < 4.78 is 4.97. The Labute approximate surface area is 155 Å². The van der Waals surface area contributed by atoms with Crippen molar-refractivity contribution in [3.63, 3.8) is 0 Å². The van der Waals surface area contributed by atoms with E-state index in [1.807, 2.05) is 0 Å². The number of rotatable bonds is 6. The molecule has 2 aromatic rings. The normalized spacial score (nSPS) is 9.85. The molecule has 0 aliphatic carbocycles. The topological polar surface area (TPSA) is 114 Å². The van der Waals surface area contributed by atoms with E-state index in [0.717, 1.165) is 0 Å². The van der Waals surface area contributed by atoms with Crippen LogP contribution in [-0.2, 0) is 19.1 Å². The van der Waals surface area contributed by atoms with Crippen molar-refractivity contribution in [3.8, 4) is 0 Å². The lowest BCUT2D eigenvalue weighted by Gasteiger charge is -2.09. The number of nitrogens with one attached hydrogen (secondary N) is 3. The van der Waals surface area contributed by atoms with Crippen LogP contribution in [0.5, 0.6) is 0 Å². The second-order valence-electron chi connectivity index (χ2n) is 5.64. The van der Waals surface area contributed by atoms with Crippen molar-refractivity contribution in [3.05, 3.63) is 54.1 Å². The zero-order valence-corrected chi connectivity index (χ0v) is 14.9. The molecule has 8 nitrogen and oxygen atoms in total. The minimum absolute atomic E-state index is 0.218. The second-order valence-corrected chi connectivity index (χ2v) is 5.64. The SMILES string of the molecule is CC(=O)Nc1ccc(C(=O)OCC(=O)Nc2cccc(NC(C)=O)c2)cc1. The van der Waals surface area contributed by atoms with Crippen molar-refractivity contribution in [1.82, 2.24) is 0 Å². The van der Waals surface area contributed by atoms with Gasteiger partial charge in [-0.15, -0.1) is 0 Å². The zero-order valence-electron chi connectivity index (χ0n) is 14.9. The Bertz CT molecular complexity index is 862. The molecule has 0 aromatic heterocycles. The quantitative estimate of drug-likeness (QED) is 0.677. The minimum atomic E-state index is -0.661. The zero-order chi connectivity index (χ0) is 19.8. The molecule has 8 heteroatoms. The molecule has 0 radical (unpaired) electrons. The monoisotopic (exact) mass is 369 g/mol. The maximum Gasteiger partial charge on any atom is 0.338 e. The molecule has 0 aliphatic heterocycles. The van der Waals surface area contributed by atoms with Gasteiger partial charge in [0.2, 0.25) is 11.8 Å². The van der Waals surface area contributed by atoms with Crippen LogP contribution in [0.1, 0.15) is 24.2 Å². The van der Waals surface area contributed by atoms with E-state index in [1.54, 1.807) is 36.4 Å². The van der Waals surface area contributed by atoms with E-state index in [2.05, 4.69) is 16.0 Å². The molecule has 0 aliphatic rings. The van der Waals surface area contributed by atoms with Gasteiger partial charge >= 0.3 is 5.97 Å². The van der Waals surface area contributed by atoms with Crippen LogP contribution in [0, 0.1) is 0 Å². The molecule has 0 fully saturated rings. The fraction of sp³-hybridized carbons (Fsp3) is 0.158. The molecular formula is C19H19N3O5. The Hall–Kier alpha value is -3.68. The fourth-order valence-corrected chi connectivity index (χ4v) is 2.18. The predicted octanol–water partition coefficient (Wildman–Crippen LogP) is 2.40. The molecule has 0 unspecified atom stereocenters. The Morgan fingerprint density at radius 3 is 1.93 bits per heavy atom. The third-order valence-corrected chi connectivity index (χ3v) is 3.24. The summed E-state index contributed by atoms with van der Waals surface area (Å²) in [5.74, 6) is -1.62. The maximum atomic E-state index is 12.0. The molecule has 2 rings (SSSR count). The van der Waals surface area contributed by atoms with Crippen molar-refractivity contribution in [2.24, 2.45) is 0 Å². The molecule has 27 heavy (non-hydrogen) atoms. The Balaban J connectivity index is 1.87. The van der Waals surface area contributed by atoms with Gasteiger partial charge in [0, 0.05) is 30.9 Å². The number of amides is 3. The van der Waals surface area contributed by atoms with Crippen LogP contribution in [-0.4, -0.2) is 30.3 Å². The molecule has 0 spiro atoms. The predicted molar refractivity (Wildman–Crippen MR) is 100 cm³/mol. The van der Waals surface area contributed by atoms with Crippen molar-refractivity contribution >= 4 is 40.8 Å². The first kappa shape index (κ1) is 19.6. The Morgan fingerprint density at radius 1 is 0.778 bits per heavy atom. The number of benzene rings is 2. The van der Waals surface area contributed by atoms with Gasteiger partial charge in [0.25, 0.3) is 5.91 Å². The van der Waals surface area contributed by atoms with Crippen LogP contribution in [0.3, 0.4) is 0 Å². The van der Waals surface area contributed by atoms with Crippen LogP contribution in [0.4, 0.5) is 17.1 Å². The third kappa shape index (κ3) is 6.62. The largest absolute Gasteiger partial charge is 0.452 e. The van der Waals surface area contributed by atoms with Gasteiger partial charge in [-0.25, -0.2) is 4.79 Å². The lowest BCUT2D eigenvalue weighted by Crippen LogP contribution is -2.21. The number of carbonyl (C=O) groups excluding carboxylic acids is 4. The molecule has 2 aromatic carbocycles. The van der Waals surface area contributed by atoms with Gasteiger partial charge in [0.15, 0.2) is 6.61 Å². The van der Waals surface area contributed by atoms with Gasteiger partial charge in [-0.05, 0) is 42.5 Å². The third-order valence-electron chi connectivity index (χ3n) is 3.24. The van der Waals surface area contributed by atoms with Crippen LogP contribution in [0.2, 0.25) is 0 Å². The van der Waals surface area contributed by atoms with Gasteiger partial charge in [-0.1, -0.05) is 6.07 Å². The number of carbonyl (C=O) groups is 4. The summed E-state index contributed by atoms with van der Waals surface area (Å²) in [4.78, 5) is 45.9. The second kappa shape index (κ2) is 9.14. The summed E-state index contributed by atoms with van der Waals surface area (Å²) >= 11 is 0. The average molecular weight is 369 g/mol. The van der Waals surface area contributed by atoms with Crippen molar-refractivity contribution < 1.29 is 23.9 Å². The summed E-state index contributed by atoms with van der Waals surface area (Å²) in [6, 6.07) is 12.7. The highest BCUT2D eigenvalue weighted by Crippen LogP contribution is 2.15. The lowest BCUT2D eigenvalue weighted by atomic mass is 10.2. The van der Waals surface area contributed by atoms with E-state index >= 15 is 0 Å². The molecule has 140 valence electrons. The average Bonchev–Trinajstić information content (AvgIpc) is 2.59. The van der Waals surface area contributed by atoms with E-state index in [1.165, 1.54) is 26.0 Å². The number of ether oxygens (including phenoxy) is 1. The summed E-state index contributed by atoms with van der Waals surface area (Å²) in [7, 11) is 0. The number of esters is 1. The van der Waals surface area contributed by atoms with Crippen molar-refractivity contribution in [2.75, 3.05) is 22.6 Å². The Morgan fingerprint density at radius 2 is 1.33 bits per heavy atom. The molecule has 0 saturated heterocycles. The van der Waals surface area contributed by atoms with E-state index in [9.17, 15) is 19.2 Å². The van der Waals surface area contributed by atoms with Gasteiger partial charge in [-0.2, -0.15) is 0 Å². The first-order valence-corrected chi connectivity index (χ1v) is 8.06. The summed E-state index contributed by atoms with van der Waals surface area (Å²) in [6.07, 6.45) is 0. The molecule has 3 amide bonds. The van der Waals surface area contributed by atoms with Gasteiger partial charge in [-0.3, -0.25) is 14.4 Å². The van der Waals surface area contributed by atoms with Gasteiger partial charge < -0.3 is 20.7 Å². The smallest absolute Gasteiger partial charge is 0.338 e. The summed E-state index contributed by atoms with van der Waals surface area (Å²) in [5.41, 5.74) is 1.80. The van der Waals surface area contributed by atoms with Crippen molar-refractivity contribution in [2.45, 2.75) is 13.8 Å². The van der Waals surface area contributed by atoms with E-state index in [0.29, 0.717) is 17.1 Å². The van der Waals surface area contributed by atoms with E-state index < -0.39 is 18.5 Å².